The van der Waals surface area contributed by atoms with Crippen LogP contribution in [0.15, 0.2) is 34.7 Å². The quantitative estimate of drug-likeness (QED) is 0.801. The number of hydrogen-bond donors (Lipinski definition) is 2. The first kappa shape index (κ1) is 15.5. The predicted octanol–water partition coefficient (Wildman–Crippen LogP) is 2.74. The van der Waals surface area contributed by atoms with Gasteiger partial charge >= 0.3 is 0 Å². The van der Waals surface area contributed by atoms with E-state index in [1.165, 1.54) is 23.1 Å². The summed E-state index contributed by atoms with van der Waals surface area (Å²) in [5.41, 5.74) is 6.79. The highest BCUT2D eigenvalue weighted by Crippen LogP contribution is 2.37. The summed E-state index contributed by atoms with van der Waals surface area (Å²) in [7, 11) is 0. The molecule has 0 unspecified atom stereocenters. The lowest BCUT2D eigenvalue weighted by Crippen LogP contribution is -2.12. The Kier molecular flexibility index (Phi) is 5.35. The number of hydrogen-bond acceptors (Lipinski definition) is 5. The fourth-order valence-electron chi connectivity index (χ4n) is 1.59. The highest BCUT2D eigenvalue weighted by atomic mass is 32.2. The van der Waals surface area contributed by atoms with Crippen LogP contribution in [0.4, 0.5) is 5.00 Å². The standard InChI is InChI=1S/C14H15N3O2S2/c1-2-11(19)16-13-12(9-6-4-3-5-7-9)17-14(21-13)20-8-10(15)18/h3-7H,2,8H2,1H3,(H2,15,18)(H,16,19). The molecule has 0 saturated carbocycles. The first-order chi connectivity index (χ1) is 10.1. The van der Waals surface area contributed by atoms with Gasteiger partial charge in [-0.1, -0.05) is 60.4 Å². The highest BCUT2D eigenvalue weighted by Gasteiger charge is 2.15. The van der Waals surface area contributed by atoms with Gasteiger partial charge in [0, 0.05) is 12.0 Å². The van der Waals surface area contributed by atoms with Gasteiger partial charge in [-0.05, 0) is 0 Å². The summed E-state index contributed by atoms with van der Waals surface area (Å²) in [6.45, 7) is 1.79. The normalized spacial score (nSPS) is 10.3. The minimum atomic E-state index is -0.393. The Morgan fingerprint density at radius 2 is 2.05 bits per heavy atom. The Hall–Kier alpha value is -1.86. The van der Waals surface area contributed by atoms with Crippen molar-refractivity contribution in [1.82, 2.24) is 4.98 Å². The molecule has 2 rings (SSSR count). The number of nitrogens with zero attached hydrogens (tertiary/aromatic N) is 1. The van der Waals surface area contributed by atoms with Crippen LogP contribution >= 0.6 is 23.1 Å². The molecule has 3 N–H and O–H groups in total. The van der Waals surface area contributed by atoms with Gasteiger partial charge in [0.15, 0.2) is 4.34 Å². The Bertz CT molecular complexity index is 641. The van der Waals surface area contributed by atoms with Crippen molar-refractivity contribution >= 4 is 39.9 Å². The smallest absolute Gasteiger partial charge is 0.227 e. The summed E-state index contributed by atoms with van der Waals surface area (Å²) in [4.78, 5) is 27.0. The van der Waals surface area contributed by atoms with Gasteiger partial charge in [-0.2, -0.15) is 0 Å². The Balaban J connectivity index is 2.31. The topological polar surface area (TPSA) is 85.1 Å². The number of thioether (sulfide) groups is 1. The van der Waals surface area contributed by atoms with E-state index in [0.29, 0.717) is 15.8 Å². The van der Waals surface area contributed by atoms with Gasteiger partial charge < -0.3 is 11.1 Å². The fourth-order valence-corrected chi connectivity index (χ4v) is 3.41. The number of rotatable bonds is 6. The number of nitrogens with two attached hydrogens (primary N) is 1. The van der Waals surface area contributed by atoms with Crippen molar-refractivity contribution in [1.29, 1.82) is 0 Å². The molecule has 0 saturated heterocycles. The number of anilines is 1. The number of nitrogens with one attached hydrogen (secondary N) is 1. The molecule has 0 aliphatic carbocycles. The minimum absolute atomic E-state index is 0.0673. The monoisotopic (exact) mass is 321 g/mol. The van der Waals surface area contributed by atoms with Gasteiger partial charge in [-0.15, -0.1) is 0 Å². The zero-order valence-electron chi connectivity index (χ0n) is 11.5. The fraction of sp³-hybridized carbons (Fsp3) is 0.214. The van der Waals surface area contributed by atoms with Gasteiger partial charge in [0.05, 0.1) is 5.75 Å². The molecular weight excluding hydrogens is 306 g/mol. The average Bonchev–Trinajstić information content (AvgIpc) is 2.89. The maximum Gasteiger partial charge on any atom is 0.227 e. The van der Waals surface area contributed by atoms with E-state index in [0.717, 1.165) is 11.3 Å². The van der Waals surface area contributed by atoms with Crippen LogP contribution in [-0.4, -0.2) is 22.6 Å². The molecule has 0 aliphatic heterocycles. The second-order valence-corrected chi connectivity index (χ2v) is 6.40. The van der Waals surface area contributed by atoms with Gasteiger partial charge in [0.2, 0.25) is 11.8 Å². The Morgan fingerprint density at radius 3 is 2.67 bits per heavy atom. The molecule has 0 aliphatic rings. The molecule has 110 valence electrons. The highest BCUT2D eigenvalue weighted by molar-refractivity contribution is 8.01. The first-order valence-electron chi connectivity index (χ1n) is 6.37. The first-order valence-corrected chi connectivity index (χ1v) is 8.17. The van der Waals surface area contributed by atoms with Gasteiger partial charge in [0.1, 0.15) is 10.7 Å². The molecule has 0 fully saturated rings. The molecule has 1 aromatic carbocycles. The van der Waals surface area contributed by atoms with Crippen LogP contribution in [0, 0.1) is 0 Å². The molecule has 0 atom stereocenters. The third-order valence-corrected chi connectivity index (χ3v) is 4.70. The van der Waals surface area contributed by atoms with Crippen molar-refractivity contribution in [3.8, 4) is 11.3 Å². The van der Waals surface area contributed by atoms with Crippen molar-refractivity contribution in [2.45, 2.75) is 17.7 Å². The molecule has 7 heteroatoms. The molecule has 21 heavy (non-hydrogen) atoms. The van der Waals surface area contributed by atoms with Crippen LogP contribution in [0.25, 0.3) is 11.3 Å². The number of thiazole rings is 1. The minimum Gasteiger partial charge on any atom is -0.369 e. The summed E-state index contributed by atoms with van der Waals surface area (Å²) in [6, 6.07) is 9.61. The number of primary amides is 1. The summed E-state index contributed by atoms with van der Waals surface area (Å²) in [5.74, 6) is -0.291. The molecule has 1 aromatic heterocycles. The van der Waals surface area contributed by atoms with Gasteiger partial charge in [0.25, 0.3) is 0 Å². The lowest BCUT2D eigenvalue weighted by Gasteiger charge is -2.03. The Morgan fingerprint density at radius 1 is 1.33 bits per heavy atom. The van der Waals surface area contributed by atoms with E-state index in [9.17, 15) is 9.59 Å². The van der Waals surface area contributed by atoms with Crippen LogP contribution in [0.3, 0.4) is 0 Å². The average molecular weight is 321 g/mol. The SMILES string of the molecule is CCC(=O)Nc1sc(SCC(N)=O)nc1-c1ccccc1. The molecule has 5 nitrogen and oxygen atoms in total. The van der Waals surface area contributed by atoms with E-state index in [1.807, 2.05) is 30.3 Å². The van der Waals surface area contributed by atoms with Crippen molar-refractivity contribution in [3.05, 3.63) is 30.3 Å². The van der Waals surface area contributed by atoms with E-state index in [2.05, 4.69) is 10.3 Å². The van der Waals surface area contributed by atoms with E-state index < -0.39 is 5.91 Å². The lowest BCUT2D eigenvalue weighted by molar-refractivity contribution is -0.116. The third kappa shape index (κ3) is 4.30. The summed E-state index contributed by atoms with van der Waals surface area (Å²) >= 11 is 2.63. The summed E-state index contributed by atoms with van der Waals surface area (Å²) in [6.07, 6.45) is 0.399. The Labute approximate surface area is 131 Å². The third-order valence-electron chi connectivity index (χ3n) is 2.57. The van der Waals surface area contributed by atoms with Crippen molar-refractivity contribution in [2.75, 3.05) is 11.1 Å². The molecule has 0 radical (unpaired) electrons. The molecule has 1 heterocycles. The van der Waals surface area contributed by atoms with Crippen LogP contribution in [0.5, 0.6) is 0 Å². The van der Waals surface area contributed by atoms with Crippen LogP contribution in [0.2, 0.25) is 0 Å². The molecule has 2 aromatic rings. The number of benzene rings is 1. The maximum atomic E-state index is 11.6. The largest absolute Gasteiger partial charge is 0.369 e. The molecule has 2 amide bonds. The van der Waals surface area contributed by atoms with E-state index in [-0.39, 0.29) is 11.7 Å². The van der Waals surface area contributed by atoms with Crippen LogP contribution < -0.4 is 11.1 Å². The second kappa shape index (κ2) is 7.24. The molecule has 0 bridgehead atoms. The van der Waals surface area contributed by atoms with Gasteiger partial charge in [-0.3, -0.25) is 9.59 Å². The van der Waals surface area contributed by atoms with Crippen molar-refractivity contribution < 1.29 is 9.59 Å². The second-order valence-electron chi connectivity index (χ2n) is 4.18. The summed E-state index contributed by atoms with van der Waals surface area (Å²) in [5, 5.41) is 3.55. The zero-order valence-corrected chi connectivity index (χ0v) is 13.1. The van der Waals surface area contributed by atoms with E-state index >= 15 is 0 Å². The zero-order chi connectivity index (χ0) is 15.2. The van der Waals surface area contributed by atoms with Crippen molar-refractivity contribution in [2.24, 2.45) is 5.73 Å². The summed E-state index contributed by atoms with van der Waals surface area (Å²) < 4.78 is 0.707. The van der Waals surface area contributed by atoms with Crippen molar-refractivity contribution in [3.63, 3.8) is 0 Å². The lowest BCUT2D eigenvalue weighted by atomic mass is 10.2. The van der Waals surface area contributed by atoms with Crippen LogP contribution in [-0.2, 0) is 9.59 Å². The van der Waals surface area contributed by atoms with E-state index in [4.69, 9.17) is 5.73 Å². The van der Waals surface area contributed by atoms with Crippen LogP contribution in [0.1, 0.15) is 13.3 Å². The van der Waals surface area contributed by atoms with Gasteiger partial charge in [-0.25, -0.2) is 4.98 Å². The molecular formula is C14H15N3O2S2. The maximum absolute atomic E-state index is 11.6. The number of aromatic nitrogens is 1. The number of carbonyl (C=O) groups is 2. The number of carbonyl (C=O) groups excluding carboxylic acids is 2. The molecule has 0 spiro atoms. The van der Waals surface area contributed by atoms with E-state index in [1.54, 1.807) is 6.92 Å². The predicted molar refractivity (Wildman–Crippen MR) is 86.4 cm³/mol. The number of amides is 2.